The number of benzene rings is 2. The minimum Gasteiger partial charge on any atom is -0.491 e. The molecule has 158 valence electrons. The zero-order valence-electron chi connectivity index (χ0n) is 17.4. The average molecular weight is 408 g/mol. The van der Waals surface area contributed by atoms with Gasteiger partial charge in [0.2, 0.25) is 0 Å². The van der Waals surface area contributed by atoms with E-state index in [-0.39, 0.29) is 0 Å². The van der Waals surface area contributed by atoms with Crippen LogP contribution in [0.5, 0.6) is 11.5 Å². The van der Waals surface area contributed by atoms with Crippen LogP contribution in [0, 0.1) is 0 Å². The van der Waals surface area contributed by atoms with Gasteiger partial charge in [0.15, 0.2) is 0 Å². The van der Waals surface area contributed by atoms with Crippen LogP contribution in [0.15, 0.2) is 67.0 Å². The van der Waals surface area contributed by atoms with Crippen molar-refractivity contribution in [1.82, 2.24) is 14.5 Å². The Kier molecular flexibility index (Phi) is 6.35. The van der Waals surface area contributed by atoms with E-state index in [1.807, 2.05) is 60.3 Å². The van der Waals surface area contributed by atoms with Crippen molar-refractivity contribution in [2.45, 2.75) is 31.6 Å². The van der Waals surface area contributed by atoms with E-state index < -0.39 is 5.60 Å². The summed E-state index contributed by atoms with van der Waals surface area (Å²) in [4.78, 5) is 6.56. The summed E-state index contributed by atoms with van der Waals surface area (Å²) < 4.78 is 13.6. The zero-order chi connectivity index (χ0) is 20.8. The number of β-amino-alcohol motifs (C(OH)–C–C–N with tert-alkyl or cyclic N) is 1. The van der Waals surface area contributed by atoms with Crippen molar-refractivity contribution in [3.63, 3.8) is 0 Å². The van der Waals surface area contributed by atoms with Gasteiger partial charge >= 0.3 is 0 Å². The topological polar surface area (TPSA) is 59.8 Å². The normalized spacial score (nSPS) is 19.5. The Labute approximate surface area is 177 Å². The van der Waals surface area contributed by atoms with Crippen molar-refractivity contribution in [1.29, 1.82) is 0 Å². The van der Waals surface area contributed by atoms with E-state index in [4.69, 9.17) is 9.47 Å². The molecule has 2 aromatic carbocycles. The van der Waals surface area contributed by atoms with Gasteiger partial charge in [-0.3, -0.25) is 4.90 Å². The summed E-state index contributed by atoms with van der Waals surface area (Å²) in [7, 11) is 1.96. The van der Waals surface area contributed by atoms with E-state index in [1.165, 1.54) is 5.56 Å². The van der Waals surface area contributed by atoms with Gasteiger partial charge in [0.1, 0.15) is 36.1 Å². The van der Waals surface area contributed by atoms with Crippen LogP contribution in [0.2, 0.25) is 0 Å². The van der Waals surface area contributed by atoms with Crippen LogP contribution >= 0.6 is 0 Å². The Balaban J connectivity index is 1.28. The summed E-state index contributed by atoms with van der Waals surface area (Å²) in [5.41, 5.74) is 0.381. The first-order valence-electron chi connectivity index (χ1n) is 10.4. The van der Waals surface area contributed by atoms with Crippen molar-refractivity contribution in [3.8, 4) is 11.5 Å². The molecule has 1 saturated heterocycles. The summed E-state index contributed by atoms with van der Waals surface area (Å²) in [5, 5.41) is 11.0. The average Bonchev–Trinajstić information content (AvgIpc) is 3.17. The molecule has 1 N–H and O–H groups in total. The van der Waals surface area contributed by atoms with Gasteiger partial charge in [-0.2, -0.15) is 0 Å². The molecule has 0 spiro atoms. The number of aryl methyl sites for hydroxylation is 1. The fraction of sp³-hybridized carbons (Fsp3) is 0.375. The van der Waals surface area contributed by atoms with Gasteiger partial charge in [-0.1, -0.05) is 30.3 Å². The number of imidazole rings is 1. The van der Waals surface area contributed by atoms with Crippen LogP contribution in [0.1, 0.15) is 24.2 Å². The van der Waals surface area contributed by atoms with Crippen molar-refractivity contribution in [3.05, 3.63) is 78.4 Å². The second-order valence-corrected chi connectivity index (χ2v) is 8.03. The SMILES string of the molecule is Cn1ccnc1COc1ccc(CN2CCC[C@](O)(COc3ccccc3)C2)cc1. The number of rotatable bonds is 8. The summed E-state index contributed by atoms with van der Waals surface area (Å²) in [6.07, 6.45) is 5.40. The van der Waals surface area contributed by atoms with Crippen molar-refractivity contribution < 1.29 is 14.6 Å². The molecule has 1 aromatic heterocycles. The largest absolute Gasteiger partial charge is 0.491 e. The first-order valence-corrected chi connectivity index (χ1v) is 10.4. The number of piperidine rings is 1. The highest BCUT2D eigenvalue weighted by molar-refractivity contribution is 5.27. The van der Waals surface area contributed by atoms with Crippen LogP contribution in [-0.4, -0.2) is 44.9 Å². The maximum atomic E-state index is 11.0. The molecule has 4 rings (SSSR count). The number of para-hydroxylation sites is 1. The molecule has 1 atom stereocenters. The van der Waals surface area contributed by atoms with Crippen molar-refractivity contribution in [2.24, 2.45) is 7.05 Å². The Morgan fingerprint density at radius 1 is 1.03 bits per heavy atom. The highest BCUT2D eigenvalue weighted by Gasteiger charge is 2.34. The standard InChI is InChI=1S/C24H29N3O3/c1-26-15-13-25-23(26)17-29-22-10-8-20(9-11-22)16-27-14-5-12-24(28,18-27)19-30-21-6-3-2-4-7-21/h2-4,6-11,13,15,28H,5,12,14,16-19H2,1H3/t24-/m1/s1. The van der Waals surface area contributed by atoms with Crippen LogP contribution in [0.4, 0.5) is 0 Å². The lowest BCUT2D eigenvalue weighted by atomic mass is 9.93. The van der Waals surface area contributed by atoms with Crippen LogP contribution in [0.25, 0.3) is 0 Å². The number of likely N-dealkylation sites (tertiary alicyclic amines) is 1. The molecule has 1 aliphatic heterocycles. The number of hydrogen-bond acceptors (Lipinski definition) is 5. The summed E-state index contributed by atoms with van der Waals surface area (Å²) in [5.74, 6) is 2.52. The van der Waals surface area contributed by atoms with Gasteiger partial charge in [-0.15, -0.1) is 0 Å². The Bertz CT molecular complexity index is 926. The number of nitrogens with zero attached hydrogens (tertiary/aromatic N) is 3. The predicted molar refractivity (Wildman–Crippen MR) is 115 cm³/mol. The van der Waals surface area contributed by atoms with Crippen molar-refractivity contribution in [2.75, 3.05) is 19.7 Å². The minimum atomic E-state index is -0.820. The highest BCUT2D eigenvalue weighted by atomic mass is 16.5. The fourth-order valence-corrected chi connectivity index (χ4v) is 3.83. The quantitative estimate of drug-likeness (QED) is 0.620. The molecule has 0 radical (unpaired) electrons. The molecular weight excluding hydrogens is 378 g/mol. The molecule has 0 bridgehead atoms. The van der Waals surface area contributed by atoms with Gasteiger partial charge < -0.3 is 19.1 Å². The molecule has 3 aromatic rings. The number of ether oxygens (including phenoxy) is 2. The third-order valence-corrected chi connectivity index (χ3v) is 5.50. The summed E-state index contributed by atoms with van der Waals surface area (Å²) in [6.45, 7) is 3.15. The Morgan fingerprint density at radius 2 is 1.80 bits per heavy atom. The van der Waals surface area contributed by atoms with Gasteiger partial charge in [0, 0.05) is 32.5 Å². The smallest absolute Gasteiger partial charge is 0.146 e. The summed E-state index contributed by atoms with van der Waals surface area (Å²) >= 11 is 0. The lowest BCUT2D eigenvalue weighted by Crippen LogP contribution is -2.51. The lowest BCUT2D eigenvalue weighted by molar-refractivity contribution is -0.0621. The maximum Gasteiger partial charge on any atom is 0.146 e. The highest BCUT2D eigenvalue weighted by Crippen LogP contribution is 2.25. The van der Waals surface area contributed by atoms with Crippen LogP contribution in [0.3, 0.4) is 0 Å². The first-order chi connectivity index (χ1) is 14.6. The lowest BCUT2D eigenvalue weighted by Gasteiger charge is -2.39. The van der Waals surface area contributed by atoms with E-state index >= 15 is 0 Å². The van der Waals surface area contributed by atoms with Crippen molar-refractivity contribution >= 4 is 0 Å². The van der Waals surface area contributed by atoms with E-state index in [9.17, 15) is 5.11 Å². The first kappa shape index (κ1) is 20.4. The van der Waals surface area contributed by atoms with E-state index in [0.717, 1.165) is 43.3 Å². The number of aromatic nitrogens is 2. The van der Waals surface area contributed by atoms with Gasteiger partial charge in [0.05, 0.1) is 0 Å². The molecular formula is C24H29N3O3. The second kappa shape index (κ2) is 9.32. The molecule has 0 amide bonds. The molecule has 30 heavy (non-hydrogen) atoms. The Morgan fingerprint density at radius 3 is 2.53 bits per heavy atom. The maximum absolute atomic E-state index is 11.0. The second-order valence-electron chi connectivity index (χ2n) is 8.03. The Hall–Kier alpha value is -2.83. The third kappa shape index (κ3) is 5.40. The minimum absolute atomic E-state index is 0.313. The van der Waals surface area contributed by atoms with Gasteiger partial charge in [-0.05, 0) is 49.2 Å². The van der Waals surface area contributed by atoms with Gasteiger partial charge in [0.25, 0.3) is 0 Å². The monoisotopic (exact) mass is 407 g/mol. The molecule has 1 aliphatic rings. The zero-order valence-corrected chi connectivity index (χ0v) is 17.4. The van der Waals surface area contributed by atoms with E-state index in [1.54, 1.807) is 6.20 Å². The molecule has 6 nitrogen and oxygen atoms in total. The van der Waals surface area contributed by atoms with Crippen LogP contribution < -0.4 is 9.47 Å². The molecule has 2 heterocycles. The van der Waals surface area contributed by atoms with Gasteiger partial charge in [-0.25, -0.2) is 4.98 Å². The predicted octanol–water partition coefficient (Wildman–Crippen LogP) is 3.41. The summed E-state index contributed by atoms with van der Waals surface area (Å²) in [6, 6.07) is 17.8. The molecule has 0 saturated carbocycles. The van der Waals surface area contributed by atoms with Crippen LogP contribution in [-0.2, 0) is 20.2 Å². The molecule has 0 aliphatic carbocycles. The number of hydrogen-bond donors (Lipinski definition) is 1. The molecule has 1 fully saturated rings. The molecule has 0 unspecified atom stereocenters. The van der Waals surface area contributed by atoms with E-state index in [2.05, 4.69) is 22.0 Å². The number of aliphatic hydroxyl groups is 1. The fourth-order valence-electron chi connectivity index (χ4n) is 3.83. The molecule has 6 heteroatoms. The third-order valence-electron chi connectivity index (χ3n) is 5.50. The van der Waals surface area contributed by atoms with E-state index in [0.29, 0.717) is 19.8 Å².